The van der Waals surface area contributed by atoms with Crippen molar-refractivity contribution in [3.63, 3.8) is 0 Å². The number of aryl methyl sites for hydroxylation is 1. The number of amides is 1. The number of benzene rings is 1. The second-order valence-electron chi connectivity index (χ2n) is 6.39. The van der Waals surface area contributed by atoms with E-state index in [9.17, 15) is 4.79 Å². The standard InChI is InChI=1S/C17H23ClN2O.ClH/c1-20(16-10-14-7-8-15(11-16)19-14)17(21)9-4-12-2-5-13(18)6-3-12;/h2-3,5-6,14-16,19H,4,7-11H2,1H3;1H. The molecule has 2 heterocycles. The van der Waals surface area contributed by atoms with Crippen LogP contribution in [-0.2, 0) is 11.2 Å². The Bertz CT molecular complexity index is 494. The summed E-state index contributed by atoms with van der Waals surface area (Å²) in [5, 5.41) is 4.37. The number of hydrogen-bond donors (Lipinski definition) is 1. The first-order valence-electron chi connectivity index (χ1n) is 7.88. The summed E-state index contributed by atoms with van der Waals surface area (Å²) in [6.07, 6.45) is 6.14. The van der Waals surface area contributed by atoms with Crippen molar-refractivity contribution in [2.24, 2.45) is 0 Å². The Morgan fingerprint density at radius 1 is 1.23 bits per heavy atom. The molecule has 0 spiro atoms. The quantitative estimate of drug-likeness (QED) is 0.908. The lowest BCUT2D eigenvalue weighted by atomic mass is 9.98. The second-order valence-corrected chi connectivity index (χ2v) is 6.83. The van der Waals surface area contributed by atoms with E-state index in [0.717, 1.165) is 24.3 Å². The molecule has 122 valence electrons. The Labute approximate surface area is 143 Å². The molecule has 0 radical (unpaired) electrons. The molecular weight excluding hydrogens is 319 g/mol. The van der Waals surface area contributed by atoms with Crippen LogP contribution < -0.4 is 5.32 Å². The minimum Gasteiger partial charge on any atom is -0.343 e. The third-order valence-corrected chi connectivity index (χ3v) is 5.18. The lowest BCUT2D eigenvalue weighted by molar-refractivity contribution is -0.132. The van der Waals surface area contributed by atoms with Gasteiger partial charge < -0.3 is 10.2 Å². The molecule has 22 heavy (non-hydrogen) atoms. The fourth-order valence-electron chi connectivity index (χ4n) is 3.63. The summed E-state index contributed by atoms with van der Waals surface area (Å²) >= 11 is 5.88. The molecule has 0 saturated carbocycles. The highest BCUT2D eigenvalue weighted by atomic mass is 35.5. The van der Waals surface area contributed by atoms with E-state index in [0.29, 0.717) is 24.5 Å². The van der Waals surface area contributed by atoms with Gasteiger partial charge in [-0.15, -0.1) is 12.4 Å². The van der Waals surface area contributed by atoms with Crippen LogP contribution in [0.25, 0.3) is 0 Å². The summed E-state index contributed by atoms with van der Waals surface area (Å²) in [6.45, 7) is 0. The summed E-state index contributed by atoms with van der Waals surface area (Å²) in [4.78, 5) is 14.4. The molecule has 1 amide bonds. The van der Waals surface area contributed by atoms with Crippen molar-refractivity contribution in [3.8, 4) is 0 Å². The van der Waals surface area contributed by atoms with Gasteiger partial charge in [0.25, 0.3) is 0 Å². The van der Waals surface area contributed by atoms with Crippen LogP contribution in [-0.4, -0.2) is 36.0 Å². The number of carbonyl (C=O) groups is 1. The molecule has 3 rings (SSSR count). The van der Waals surface area contributed by atoms with Crippen molar-refractivity contribution < 1.29 is 4.79 Å². The number of hydrogen-bond acceptors (Lipinski definition) is 2. The van der Waals surface area contributed by atoms with Crippen molar-refractivity contribution in [1.29, 1.82) is 0 Å². The largest absolute Gasteiger partial charge is 0.343 e. The first-order chi connectivity index (χ1) is 10.1. The summed E-state index contributed by atoms with van der Waals surface area (Å²) in [6, 6.07) is 9.44. The van der Waals surface area contributed by atoms with Crippen LogP contribution in [0.5, 0.6) is 0 Å². The summed E-state index contributed by atoms with van der Waals surface area (Å²) in [7, 11) is 1.97. The van der Waals surface area contributed by atoms with Gasteiger partial charge in [0, 0.05) is 36.6 Å². The van der Waals surface area contributed by atoms with Crippen molar-refractivity contribution in [2.75, 3.05) is 7.05 Å². The fourth-order valence-corrected chi connectivity index (χ4v) is 3.75. The maximum Gasteiger partial charge on any atom is 0.222 e. The monoisotopic (exact) mass is 342 g/mol. The van der Waals surface area contributed by atoms with E-state index in [-0.39, 0.29) is 18.3 Å². The van der Waals surface area contributed by atoms with Gasteiger partial charge in [0.2, 0.25) is 5.91 Å². The smallest absolute Gasteiger partial charge is 0.222 e. The van der Waals surface area contributed by atoms with Crippen LogP contribution in [0.3, 0.4) is 0 Å². The Kier molecular flexibility index (Phi) is 6.13. The highest BCUT2D eigenvalue weighted by Crippen LogP contribution is 2.29. The Balaban J connectivity index is 0.00000176. The molecule has 2 atom stereocenters. The van der Waals surface area contributed by atoms with E-state index in [1.165, 1.54) is 18.4 Å². The second kappa shape index (κ2) is 7.67. The Morgan fingerprint density at radius 2 is 1.82 bits per heavy atom. The Morgan fingerprint density at radius 3 is 2.41 bits per heavy atom. The molecule has 2 unspecified atom stereocenters. The number of nitrogens with one attached hydrogen (secondary N) is 1. The minimum atomic E-state index is 0. The van der Waals surface area contributed by atoms with E-state index in [4.69, 9.17) is 11.6 Å². The van der Waals surface area contributed by atoms with Gasteiger partial charge in [-0.25, -0.2) is 0 Å². The average molecular weight is 343 g/mol. The van der Waals surface area contributed by atoms with Gasteiger partial charge in [-0.05, 0) is 49.8 Å². The first-order valence-corrected chi connectivity index (χ1v) is 8.26. The topological polar surface area (TPSA) is 32.3 Å². The zero-order valence-electron chi connectivity index (χ0n) is 12.9. The number of fused-ring (bicyclic) bond motifs is 2. The molecular formula is C17H24Cl2N2O. The van der Waals surface area contributed by atoms with Crippen LogP contribution in [0.2, 0.25) is 5.02 Å². The van der Waals surface area contributed by atoms with E-state index >= 15 is 0 Å². The maximum absolute atomic E-state index is 12.4. The van der Waals surface area contributed by atoms with Crippen molar-refractivity contribution in [2.45, 2.75) is 56.7 Å². The van der Waals surface area contributed by atoms with Gasteiger partial charge in [-0.3, -0.25) is 4.79 Å². The third-order valence-electron chi connectivity index (χ3n) is 4.93. The van der Waals surface area contributed by atoms with Gasteiger partial charge in [-0.1, -0.05) is 23.7 Å². The van der Waals surface area contributed by atoms with Crippen molar-refractivity contribution in [3.05, 3.63) is 34.9 Å². The lowest BCUT2D eigenvalue weighted by Crippen LogP contribution is -2.48. The molecule has 0 aromatic heterocycles. The molecule has 2 saturated heterocycles. The number of rotatable bonds is 4. The average Bonchev–Trinajstić information content (AvgIpc) is 2.84. The van der Waals surface area contributed by atoms with Gasteiger partial charge in [0.05, 0.1) is 0 Å². The third kappa shape index (κ3) is 4.15. The minimum absolute atomic E-state index is 0. The SMILES string of the molecule is CN(C(=O)CCc1ccc(Cl)cc1)C1CC2CCC(C1)N2.Cl. The van der Waals surface area contributed by atoms with Crippen molar-refractivity contribution >= 4 is 29.9 Å². The summed E-state index contributed by atoms with van der Waals surface area (Å²) in [5.41, 5.74) is 1.17. The van der Waals surface area contributed by atoms with Gasteiger partial charge in [-0.2, -0.15) is 0 Å². The molecule has 1 aromatic rings. The van der Waals surface area contributed by atoms with Crippen LogP contribution in [0.4, 0.5) is 0 Å². The zero-order valence-corrected chi connectivity index (χ0v) is 14.5. The molecule has 2 fully saturated rings. The van der Waals surface area contributed by atoms with Crippen LogP contribution >= 0.6 is 24.0 Å². The maximum atomic E-state index is 12.4. The first kappa shape index (κ1) is 17.6. The van der Waals surface area contributed by atoms with E-state index in [2.05, 4.69) is 5.32 Å². The predicted molar refractivity (Wildman–Crippen MR) is 92.8 cm³/mol. The van der Waals surface area contributed by atoms with Crippen molar-refractivity contribution in [1.82, 2.24) is 10.2 Å². The summed E-state index contributed by atoms with van der Waals surface area (Å²) < 4.78 is 0. The normalized spacial score (nSPS) is 26.4. The van der Waals surface area contributed by atoms with Crippen LogP contribution in [0.15, 0.2) is 24.3 Å². The van der Waals surface area contributed by atoms with E-state index in [1.54, 1.807) is 0 Å². The fraction of sp³-hybridized carbons (Fsp3) is 0.588. The molecule has 1 N–H and O–H groups in total. The van der Waals surface area contributed by atoms with Gasteiger partial charge in [0.1, 0.15) is 0 Å². The number of carbonyl (C=O) groups excluding carboxylic acids is 1. The van der Waals surface area contributed by atoms with E-state index in [1.807, 2.05) is 36.2 Å². The highest BCUT2D eigenvalue weighted by molar-refractivity contribution is 6.30. The molecule has 0 aliphatic carbocycles. The number of nitrogens with zero attached hydrogens (tertiary/aromatic N) is 1. The zero-order chi connectivity index (χ0) is 14.8. The molecule has 1 aromatic carbocycles. The van der Waals surface area contributed by atoms with E-state index < -0.39 is 0 Å². The highest BCUT2D eigenvalue weighted by Gasteiger charge is 2.36. The van der Waals surface area contributed by atoms with Crippen LogP contribution in [0.1, 0.15) is 37.7 Å². The molecule has 2 bridgehead atoms. The van der Waals surface area contributed by atoms with Crippen LogP contribution in [0, 0.1) is 0 Å². The van der Waals surface area contributed by atoms with Gasteiger partial charge >= 0.3 is 0 Å². The molecule has 2 aliphatic heterocycles. The molecule has 2 aliphatic rings. The Hall–Kier alpha value is -0.770. The predicted octanol–water partition coefficient (Wildman–Crippen LogP) is 3.44. The van der Waals surface area contributed by atoms with Gasteiger partial charge in [0.15, 0.2) is 0 Å². The number of piperidine rings is 1. The molecule has 3 nitrogen and oxygen atoms in total. The molecule has 5 heteroatoms. The number of halogens is 2. The summed E-state index contributed by atoms with van der Waals surface area (Å²) in [5.74, 6) is 0.260. The lowest BCUT2D eigenvalue weighted by Gasteiger charge is -2.35.